The van der Waals surface area contributed by atoms with E-state index in [1.807, 2.05) is 51.1 Å². The molecule has 1 aromatic heterocycles. The zero-order valence-electron chi connectivity index (χ0n) is 14.2. The van der Waals surface area contributed by atoms with Gasteiger partial charge in [0.15, 0.2) is 9.84 Å². The van der Waals surface area contributed by atoms with Crippen molar-refractivity contribution >= 4 is 9.84 Å². The first kappa shape index (κ1) is 17.7. The molecular weight excluding hydrogens is 310 g/mol. The van der Waals surface area contributed by atoms with Gasteiger partial charge in [0.25, 0.3) is 0 Å². The molecule has 0 spiro atoms. The van der Waals surface area contributed by atoms with Crippen LogP contribution in [0.3, 0.4) is 0 Å². The highest BCUT2D eigenvalue weighted by Gasteiger charge is 2.28. The maximum absolute atomic E-state index is 12.5. The molecule has 0 aliphatic carbocycles. The lowest BCUT2D eigenvalue weighted by Crippen LogP contribution is -2.15. The fourth-order valence-electron chi connectivity index (χ4n) is 2.27. The van der Waals surface area contributed by atoms with Crippen molar-refractivity contribution in [1.82, 2.24) is 4.98 Å². The van der Waals surface area contributed by atoms with E-state index in [1.54, 1.807) is 13.1 Å². The Bertz CT molecular complexity index is 727. The average molecular weight is 335 g/mol. The molecule has 1 aromatic carbocycles. The smallest absolute Gasteiger partial charge is 0.212 e. The summed E-state index contributed by atoms with van der Waals surface area (Å²) in [6.07, 6.45) is 2.99. The van der Waals surface area contributed by atoms with Gasteiger partial charge in [0, 0.05) is 5.41 Å². The second kappa shape index (κ2) is 6.87. The third kappa shape index (κ3) is 4.67. The van der Waals surface area contributed by atoms with Crippen molar-refractivity contribution in [2.75, 3.05) is 5.75 Å². The SMILES string of the molecule is CC(c1ncc(C(C)(C)C)o1)S(=O)(=O)CCCc1ccccc1. The van der Waals surface area contributed by atoms with Crippen LogP contribution >= 0.6 is 0 Å². The number of oxazole rings is 1. The van der Waals surface area contributed by atoms with E-state index in [1.165, 1.54) is 0 Å². The van der Waals surface area contributed by atoms with Crippen molar-refractivity contribution in [3.8, 4) is 0 Å². The Morgan fingerprint density at radius 2 is 1.83 bits per heavy atom. The third-order valence-corrected chi connectivity index (χ3v) is 6.02. The fraction of sp³-hybridized carbons (Fsp3) is 0.500. The highest BCUT2D eigenvalue weighted by molar-refractivity contribution is 7.91. The van der Waals surface area contributed by atoms with Crippen LogP contribution in [-0.4, -0.2) is 19.2 Å². The third-order valence-electron chi connectivity index (χ3n) is 3.89. The van der Waals surface area contributed by atoms with E-state index in [2.05, 4.69) is 4.98 Å². The molecule has 2 aromatic rings. The van der Waals surface area contributed by atoms with Gasteiger partial charge in [-0.2, -0.15) is 0 Å². The van der Waals surface area contributed by atoms with Crippen LogP contribution in [0.5, 0.6) is 0 Å². The maximum atomic E-state index is 12.5. The van der Waals surface area contributed by atoms with E-state index < -0.39 is 15.1 Å². The molecule has 0 aliphatic rings. The van der Waals surface area contributed by atoms with Crippen molar-refractivity contribution in [3.63, 3.8) is 0 Å². The lowest BCUT2D eigenvalue weighted by Gasteiger charge is -2.14. The Morgan fingerprint density at radius 3 is 2.39 bits per heavy atom. The van der Waals surface area contributed by atoms with E-state index in [-0.39, 0.29) is 17.1 Å². The lowest BCUT2D eigenvalue weighted by atomic mass is 9.94. The molecule has 23 heavy (non-hydrogen) atoms. The molecule has 1 atom stereocenters. The number of hydrogen-bond donors (Lipinski definition) is 0. The van der Waals surface area contributed by atoms with Crippen molar-refractivity contribution in [1.29, 1.82) is 0 Å². The van der Waals surface area contributed by atoms with Crippen LogP contribution in [0.25, 0.3) is 0 Å². The molecule has 0 amide bonds. The van der Waals surface area contributed by atoms with Crippen LogP contribution in [0.1, 0.15) is 56.6 Å². The Balaban J connectivity index is 2.00. The van der Waals surface area contributed by atoms with Gasteiger partial charge in [-0.3, -0.25) is 0 Å². The Morgan fingerprint density at radius 1 is 1.17 bits per heavy atom. The van der Waals surface area contributed by atoms with E-state index >= 15 is 0 Å². The van der Waals surface area contributed by atoms with Crippen LogP contribution in [0, 0.1) is 0 Å². The number of aryl methyl sites for hydroxylation is 1. The molecular formula is C18H25NO3S. The predicted octanol–water partition coefficient (Wildman–Crippen LogP) is 4.08. The van der Waals surface area contributed by atoms with Crippen molar-refractivity contribution in [2.45, 2.75) is 51.2 Å². The molecule has 0 aliphatic heterocycles. The second-order valence-electron chi connectivity index (χ2n) is 6.91. The molecule has 5 heteroatoms. The van der Waals surface area contributed by atoms with E-state index in [4.69, 9.17) is 4.42 Å². The molecule has 0 radical (unpaired) electrons. The summed E-state index contributed by atoms with van der Waals surface area (Å²) in [6.45, 7) is 7.68. The lowest BCUT2D eigenvalue weighted by molar-refractivity contribution is 0.380. The Hall–Kier alpha value is -1.62. The van der Waals surface area contributed by atoms with Crippen molar-refractivity contribution in [3.05, 3.63) is 53.7 Å². The van der Waals surface area contributed by atoms with Gasteiger partial charge in [0.1, 0.15) is 11.0 Å². The highest BCUT2D eigenvalue weighted by Crippen LogP contribution is 2.28. The standard InChI is InChI=1S/C18H25NO3S/c1-14(17-19-13-16(22-17)18(2,3)4)23(20,21)12-8-11-15-9-6-5-7-10-15/h5-7,9-10,13-14H,8,11-12H2,1-4H3. The minimum atomic E-state index is -3.27. The molecule has 126 valence electrons. The van der Waals surface area contributed by atoms with Crippen LogP contribution in [0.15, 0.2) is 40.9 Å². The van der Waals surface area contributed by atoms with Crippen LogP contribution in [-0.2, 0) is 21.7 Å². The van der Waals surface area contributed by atoms with E-state index in [0.717, 1.165) is 12.0 Å². The van der Waals surface area contributed by atoms with Gasteiger partial charge in [-0.1, -0.05) is 51.1 Å². The fourth-order valence-corrected chi connectivity index (χ4v) is 3.59. The van der Waals surface area contributed by atoms with Gasteiger partial charge in [0.05, 0.1) is 11.9 Å². The van der Waals surface area contributed by atoms with Crippen LogP contribution in [0.2, 0.25) is 0 Å². The summed E-state index contributed by atoms with van der Waals surface area (Å²) < 4.78 is 30.6. The van der Waals surface area contributed by atoms with Gasteiger partial charge >= 0.3 is 0 Å². The summed E-state index contributed by atoms with van der Waals surface area (Å²) >= 11 is 0. The number of sulfone groups is 1. The largest absolute Gasteiger partial charge is 0.444 e. The molecule has 0 bridgehead atoms. The first-order chi connectivity index (χ1) is 10.7. The first-order valence-corrected chi connectivity index (χ1v) is 9.63. The summed E-state index contributed by atoms with van der Waals surface area (Å²) in [4.78, 5) is 4.17. The number of rotatable bonds is 6. The number of hydrogen-bond acceptors (Lipinski definition) is 4. The molecule has 0 fully saturated rings. The summed E-state index contributed by atoms with van der Waals surface area (Å²) in [5, 5.41) is -0.714. The average Bonchev–Trinajstić information content (AvgIpc) is 2.97. The number of nitrogens with zero attached hydrogens (tertiary/aromatic N) is 1. The van der Waals surface area contributed by atoms with E-state index in [0.29, 0.717) is 12.2 Å². The van der Waals surface area contributed by atoms with Crippen molar-refractivity contribution in [2.24, 2.45) is 0 Å². The molecule has 2 rings (SSSR count). The summed E-state index contributed by atoms with van der Waals surface area (Å²) in [5.74, 6) is 1.13. The Kier molecular flexibility index (Phi) is 5.30. The zero-order chi connectivity index (χ0) is 17.1. The van der Waals surface area contributed by atoms with Gasteiger partial charge in [-0.25, -0.2) is 13.4 Å². The van der Waals surface area contributed by atoms with E-state index in [9.17, 15) is 8.42 Å². The van der Waals surface area contributed by atoms with Crippen LogP contribution in [0.4, 0.5) is 0 Å². The van der Waals surface area contributed by atoms with Gasteiger partial charge in [0.2, 0.25) is 5.89 Å². The normalized spacial score (nSPS) is 13.9. The quantitative estimate of drug-likeness (QED) is 0.798. The minimum Gasteiger partial charge on any atom is -0.444 e. The summed E-state index contributed by atoms with van der Waals surface area (Å²) in [5.41, 5.74) is 0.976. The summed E-state index contributed by atoms with van der Waals surface area (Å²) in [6, 6.07) is 9.91. The molecule has 4 nitrogen and oxygen atoms in total. The zero-order valence-corrected chi connectivity index (χ0v) is 15.1. The van der Waals surface area contributed by atoms with Crippen molar-refractivity contribution < 1.29 is 12.8 Å². The molecule has 0 N–H and O–H groups in total. The highest BCUT2D eigenvalue weighted by atomic mass is 32.2. The van der Waals surface area contributed by atoms with Crippen LogP contribution < -0.4 is 0 Å². The number of aromatic nitrogens is 1. The van der Waals surface area contributed by atoms with Gasteiger partial charge in [-0.15, -0.1) is 0 Å². The predicted molar refractivity (Wildman–Crippen MR) is 92.2 cm³/mol. The van der Waals surface area contributed by atoms with Gasteiger partial charge in [-0.05, 0) is 25.3 Å². The monoisotopic (exact) mass is 335 g/mol. The minimum absolute atomic E-state index is 0.135. The molecule has 0 saturated carbocycles. The van der Waals surface area contributed by atoms with Gasteiger partial charge < -0.3 is 4.42 Å². The first-order valence-electron chi connectivity index (χ1n) is 7.92. The molecule has 1 unspecified atom stereocenters. The molecule has 0 saturated heterocycles. The summed E-state index contributed by atoms with van der Waals surface area (Å²) in [7, 11) is -3.27. The Labute approximate surface area is 138 Å². The topological polar surface area (TPSA) is 60.2 Å². The second-order valence-corrected chi connectivity index (χ2v) is 9.35. The maximum Gasteiger partial charge on any atom is 0.212 e. The molecule has 1 heterocycles. The number of benzene rings is 1.